The molecule has 0 aliphatic heterocycles. The zero-order valence-corrected chi connectivity index (χ0v) is 40.4. The zero-order chi connectivity index (χ0) is 44.2. The lowest BCUT2D eigenvalue weighted by Crippen LogP contribution is -2.40. The molecule has 0 saturated carbocycles. The van der Waals surface area contributed by atoms with Gasteiger partial charge < -0.3 is 28.5 Å². The highest BCUT2D eigenvalue weighted by Crippen LogP contribution is 2.17. The lowest BCUT2D eigenvalue weighted by molar-refractivity contribution is -0.870. The normalized spacial score (nSPS) is 12.8. The van der Waals surface area contributed by atoms with Gasteiger partial charge in [-0.25, -0.2) is 4.79 Å². The number of quaternary nitrogens is 1. The Hall–Kier alpha value is -1.71. The molecule has 9 heteroatoms. The highest BCUT2D eigenvalue weighted by molar-refractivity contribution is 5.71. The summed E-state index contributed by atoms with van der Waals surface area (Å²) in [6.45, 7) is 4.86. The average molecular weight is 855 g/mol. The Bertz CT molecular complexity index is 954. The molecule has 0 heterocycles. The minimum atomic E-state index is -1.50. The predicted molar refractivity (Wildman–Crippen MR) is 249 cm³/mol. The topological polar surface area (TPSA) is 108 Å². The molecule has 0 saturated heterocycles. The second-order valence-corrected chi connectivity index (χ2v) is 18.9. The van der Waals surface area contributed by atoms with Crippen molar-refractivity contribution in [2.75, 3.05) is 47.5 Å². The fourth-order valence-corrected chi connectivity index (χ4v) is 7.60. The van der Waals surface area contributed by atoms with E-state index < -0.39 is 18.4 Å². The Morgan fingerprint density at radius 2 is 0.750 bits per heavy atom. The van der Waals surface area contributed by atoms with Crippen LogP contribution in [0.5, 0.6) is 0 Å². The lowest BCUT2D eigenvalue weighted by atomic mass is 10.0. The molecule has 0 bridgehead atoms. The van der Waals surface area contributed by atoms with Crippen molar-refractivity contribution in [3.63, 3.8) is 0 Å². The number of carbonyl (C=O) groups excluding carboxylic acids is 2. The maximum atomic E-state index is 12.8. The largest absolute Gasteiger partial charge is 0.477 e. The van der Waals surface area contributed by atoms with E-state index in [2.05, 4.69) is 13.8 Å². The van der Waals surface area contributed by atoms with Gasteiger partial charge in [-0.3, -0.25) is 9.59 Å². The van der Waals surface area contributed by atoms with Crippen molar-refractivity contribution < 1.29 is 42.9 Å². The Kier molecular flexibility index (Phi) is 42.7. The minimum Gasteiger partial charge on any atom is -0.477 e. The molecule has 0 amide bonds. The van der Waals surface area contributed by atoms with Crippen molar-refractivity contribution >= 4 is 17.9 Å². The first-order valence-electron chi connectivity index (χ1n) is 25.7. The summed E-state index contributed by atoms with van der Waals surface area (Å²) < 4.78 is 22.7. The number of likely N-dealkylation sites (N-methyl/N-ethyl adjacent to an activating group) is 1. The standard InChI is InChI=1S/C51H99NO8/c1-6-8-10-12-14-15-16-17-18-19-20-21-22-23-24-25-26-27-28-29-30-31-32-33-34-36-38-40-42-49(54)60-47(45-58-48(53)41-39-37-35-13-11-9-7-2)46-59-51(50(55)56)57-44-43-52(3,4)5/h47,51H,6-46H2,1-5H3/p+1. The molecule has 0 rings (SSSR count). The van der Waals surface area contributed by atoms with Gasteiger partial charge in [0, 0.05) is 12.8 Å². The van der Waals surface area contributed by atoms with E-state index in [4.69, 9.17) is 18.9 Å². The molecule has 356 valence electrons. The maximum absolute atomic E-state index is 12.8. The molecule has 60 heavy (non-hydrogen) atoms. The molecule has 0 spiro atoms. The summed E-state index contributed by atoms with van der Waals surface area (Å²) in [5.74, 6) is -1.99. The van der Waals surface area contributed by atoms with Crippen molar-refractivity contribution in [3.05, 3.63) is 0 Å². The third-order valence-electron chi connectivity index (χ3n) is 11.6. The number of aliphatic carboxylic acids is 1. The first-order valence-corrected chi connectivity index (χ1v) is 25.7. The van der Waals surface area contributed by atoms with Crippen molar-refractivity contribution in [2.45, 2.75) is 264 Å². The van der Waals surface area contributed by atoms with E-state index in [1.165, 1.54) is 186 Å². The van der Waals surface area contributed by atoms with Gasteiger partial charge in [-0.15, -0.1) is 0 Å². The minimum absolute atomic E-state index is 0.175. The first kappa shape index (κ1) is 58.3. The van der Waals surface area contributed by atoms with Crippen LogP contribution < -0.4 is 0 Å². The summed E-state index contributed by atoms with van der Waals surface area (Å²) >= 11 is 0. The van der Waals surface area contributed by atoms with Gasteiger partial charge in [0.05, 0.1) is 34.4 Å². The van der Waals surface area contributed by atoms with Crippen LogP contribution in [0, 0.1) is 0 Å². The van der Waals surface area contributed by atoms with Crippen molar-refractivity contribution in [1.82, 2.24) is 0 Å². The summed E-state index contributed by atoms with van der Waals surface area (Å²) in [7, 11) is 5.96. The van der Waals surface area contributed by atoms with Crippen molar-refractivity contribution in [1.29, 1.82) is 0 Å². The Morgan fingerprint density at radius 1 is 0.433 bits per heavy atom. The van der Waals surface area contributed by atoms with E-state index in [9.17, 15) is 19.5 Å². The number of carbonyl (C=O) groups is 3. The van der Waals surface area contributed by atoms with E-state index in [1.807, 2.05) is 21.1 Å². The molecular weight excluding hydrogens is 755 g/mol. The van der Waals surface area contributed by atoms with E-state index in [1.54, 1.807) is 0 Å². The van der Waals surface area contributed by atoms with Crippen LogP contribution >= 0.6 is 0 Å². The Balaban J connectivity index is 4.01. The SMILES string of the molecule is CCCCCCCCCCCCCCCCCCCCCCCCCCCCCCC(=O)OC(COC(=O)CCCCCCCCC)COC(OCC[N+](C)(C)C)C(=O)O. The monoisotopic (exact) mass is 855 g/mol. The van der Waals surface area contributed by atoms with Crippen LogP contribution in [0.3, 0.4) is 0 Å². The average Bonchev–Trinajstić information content (AvgIpc) is 3.21. The molecule has 2 atom stereocenters. The maximum Gasteiger partial charge on any atom is 0.361 e. The second-order valence-electron chi connectivity index (χ2n) is 18.9. The van der Waals surface area contributed by atoms with Gasteiger partial charge in [-0.1, -0.05) is 226 Å². The number of rotatable bonds is 48. The number of carboxylic acid groups (broad SMARTS) is 1. The summed E-state index contributed by atoms with van der Waals surface area (Å²) in [4.78, 5) is 37.0. The Morgan fingerprint density at radius 3 is 1.07 bits per heavy atom. The molecule has 1 N–H and O–H groups in total. The van der Waals surface area contributed by atoms with Gasteiger partial charge >= 0.3 is 17.9 Å². The fraction of sp³-hybridized carbons (Fsp3) is 0.941. The Labute approximate surface area is 371 Å². The van der Waals surface area contributed by atoms with Gasteiger partial charge in [0.2, 0.25) is 0 Å². The third kappa shape index (κ3) is 44.3. The highest BCUT2D eigenvalue weighted by Gasteiger charge is 2.25. The van der Waals surface area contributed by atoms with E-state index >= 15 is 0 Å². The van der Waals surface area contributed by atoms with Gasteiger partial charge in [-0.2, -0.15) is 0 Å². The van der Waals surface area contributed by atoms with E-state index in [0.717, 1.165) is 38.5 Å². The smallest absolute Gasteiger partial charge is 0.361 e. The molecule has 0 fully saturated rings. The molecule has 0 aromatic carbocycles. The van der Waals surface area contributed by atoms with Crippen LogP contribution in [-0.4, -0.2) is 87.4 Å². The number of esters is 2. The van der Waals surface area contributed by atoms with Crippen molar-refractivity contribution in [2.24, 2.45) is 0 Å². The molecule has 0 aliphatic rings. The fourth-order valence-electron chi connectivity index (χ4n) is 7.60. The van der Waals surface area contributed by atoms with Crippen LogP contribution in [-0.2, 0) is 33.3 Å². The summed E-state index contributed by atoms with van der Waals surface area (Å²) in [5.41, 5.74) is 0. The van der Waals surface area contributed by atoms with Crippen molar-refractivity contribution in [3.8, 4) is 0 Å². The van der Waals surface area contributed by atoms with Gasteiger partial charge in [-0.05, 0) is 12.8 Å². The molecule has 0 aromatic rings. The molecule has 0 aliphatic carbocycles. The van der Waals surface area contributed by atoms with Crippen LogP contribution in [0.1, 0.15) is 251 Å². The predicted octanol–water partition coefficient (Wildman–Crippen LogP) is 14.1. The number of unbranched alkanes of at least 4 members (excludes halogenated alkanes) is 33. The van der Waals surface area contributed by atoms with Crippen LogP contribution in [0.2, 0.25) is 0 Å². The van der Waals surface area contributed by atoms with Crippen LogP contribution in [0.4, 0.5) is 0 Å². The number of hydrogen-bond donors (Lipinski definition) is 1. The molecule has 9 nitrogen and oxygen atoms in total. The van der Waals surface area contributed by atoms with Gasteiger partial charge in [0.25, 0.3) is 6.29 Å². The summed E-state index contributed by atoms with van der Waals surface area (Å²) in [6, 6.07) is 0. The molecule has 2 unspecified atom stereocenters. The van der Waals surface area contributed by atoms with Crippen LogP contribution in [0.25, 0.3) is 0 Å². The summed E-state index contributed by atoms with van der Waals surface area (Å²) in [5, 5.41) is 9.62. The second kappa shape index (κ2) is 43.9. The number of hydrogen-bond acceptors (Lipinski definition) is 7. The first-order chi connectivity index (χ1) is 29.1. The highest BCUT2D eigenvalue weighted by atomic mass is 16.7. The van der Waals surface area contributed by atoms with Gasteiger partial charge in [0.1, 0.15) is 13.2 Å². The number of carboxylic acids is 1. The van der Waals surface area contributed by atoms with E-state index in [-0.39, 0.29) is 38.2 Å². The molecule has 0 aromatic heterocycles. The molecule has 0 radical (unpaired) electrons. The van der Waals surface area contributed by atoms with E-state index in [0.29, 0.717) is 17.4 Å². The van der Waals surface area contributed by atoms with Gasteiger partial charge in [0.15, 0.2) is 6.10 Å². The number of nitrogens with zero attached hydrogens (tertiary/aromatic N) is 1. The molecular formula is C51H100NO8+. The summed E-state index contributed by atoms with van der Waals surface area (Å²) in [6.07, 6.45) is 43.6. The lowest BCUT2D eigenvalue weighted by Gasteiger charge is -2.25. The quantitative estimate of drug-likeness (QED) is 0.0279. The number of ether oxygens (including phenoxy) is 4. The zero-order valence-electron chi connectivity index (χ0n) is 40.4. The third-order valence-corrected chi connectivity index (χ3v) is 11.6. The van der Waals surface area contributed by atoms with Crippen LogP contribution in [0.15, 0.2) is 0 Å².